The second kappa shape index (κ2) is 6.78. The summed E-state index contributed by atoms with van der Waals surface area (Å²) in [6.45, 7) is 7.75. The molecule has 3 rings (SSSR count). The van der Waals surface area contributed by atoms with E-state index in [1.165, 1.54) is 0 Å². The van der Waals surface area contributed by atoms with Gasteiger partial charge in [0.1, 0.15) is 6.61 Å². The van der Waals surface area contributed by atoms with E-state index in [2.05, 4.69) is 23.8 Å². The minimum absolute atomic E-state index is 0.0483. The molecule has 1 aliphatic heterocycles. The quantitative estimate of drug-likeness (QED) is 0.776. The molecule has 0 spiro atoms. The first-order valence-electron chi connectivity index (χ1n) is 8.21. The summed E-state index contributed by atoms with van der Waals surface area (Å²) >= 11 is 5.54. The highest BCUT2D eigenvalue weighted by Gasteiger charge is 2.29. The van der Waals surface area contributed by atoms with E-state index in [-0.39, 0.29) is 6.61 Å². The van der Waals surface area contributed by atoms with Gasteiger partial charge in [0.2, 0.25) is 0 Å². The molecular formula is C15H26N4O2S. The maximum Gasteiger partial charge on any atom is 0.199 e. The molecule has 2 fully saturated rings. The molecule has 1 aromatic rings. The van der Waals surface area contributed by atoms with Crippen LogP contribution in [0.25, 0.3) is 0 Å². The SMILES string of the molecule is CC(C)COC1CCN(Cn2nc(CO)n(C3CC3)c2=S)C1. The maximum absolute atomic E-state index is 9.48. The van der Waals surface area contributed by atoms with Crippen LogP contribution in [0.1, 0.15) is 45.0 Å². The van der Waals surface area contributed by atoms with Crippen molar-refractivity contribution in [3.8, 4) is 0 Å². The Bertz CT molecular complexity index is 564. The van der Waals surface area contributed by atoms with Gasteiger partial charge in [-0.1, -0.05) is 13.8 Å². The van der Waals surface area contributed by atoms with Crippen LogP contribution in [0, 0.1) is 10.7 Å². The zero-order chi connectivity index (χ0) is 15.7. The molecule has 1 saturated heterocycles. The van der Waals surface area contributed by atoms with E-state index in [1.807, 2.05) is 9.25 Å². The maximum atomic E-state index is 9.48. The molecule has 0 radical (unpaired) electrons. The van der Waals surface area contributed by atoms with Gasteiger partial charge in [0, 0.05) is 25.7 Å². The topological polar surface area (TPSA) is 55.4 Å². The normalized spacial score (nSPS) is 22.8. The van der Waals surface area contributed by atoms with Crippen molar-refractivity contribution in [1.82, 2.24) is 19.2 Å². The van der Waals surface area contributed by atoms with E-state index in [4.69, 9.17) is 17.0 Å². The van der Waals surface area contributed by atoms with Crippen LogP contribution >= 0.6 is 12.2 Å². The van der Waals surface area contributed by atoms with Crippen molar-refractivity contribution in [3.63, 3.8) is 0 Å². The number of aliphatic hydroxyl groups is 1. The molecule has 2 aliphatic rings. The lowest BCUT2D eigenvalue weighted by Gasteiger charge is -2.16. The number of likely N-dealkylation sites (tertiary alicyclic amines) is 1. The van der Waals surface area contributed by atoms with Crippen molar-refractivity contribution in [2.75, 3.05) is 19.7 Å². The molecule has 1 atom stereocenters. The number of rotatable bonds is 7. The van der Waals surface area contributed by atoms with Gasteiger partial charge in [-0.05, 0) is 37.4 Å². The van der Waals surface area contributed by atoms with E-state index in [9.17, 15) is 5.11 Å². The van der Waals surface area contributed by atoms with E-state index in [0.717, 1.165) is 43.7 Å². The van der Waals surface area contributed by atoms with Crippen LogP contribution in [0.5, 0.6) is 0 Å². The third kappa shape index (κ3) is 3.59. The minimum Gasteiger partial charge on any atom is -0.388 e. The van der Waals surface area contributed by atoms with Gasteiger partial charge in [0.25, 0.3) is 0 Å². The second-order valence-corrected chi connectivity index (χ2v) is 7.18. The molecule has 2 heterocycles. The molecule has 0 bridgehead atoms. The summed E-state index contributed by atoms with van der Waals surface area (Å²) in [5.74, 6) is 1.27. The van der Waals surface area contributed by atoms with E-state index >= 15 is 0 Å². The lowest BCUT2D eigenvalue weighted by molar-refractivity contribution is 0.0392. The lowest BCUT2D eigenvalue weighted by atomic mass is 10.2. The van der Waals surface area contributed by atoms with Gasteiger partial charge in [-0.3, -0.25) is 9.47 Å². The molecule has 1 N–H and O–H groups in total. The predicted octanol–water partition coefficient (Wildman–Crippen LogP) is 1.95. The van der Waals surface area contributed by atoms with Crippen LogP contribution in [0.2, 0.25) is 0 Å². The summed E-state index contributed by atoms with van der Waals surface area (Å²) in [4.78, 5) is 2.33. The smallest absolute Gasteiger partial charge is 0.199 e. The van der Waals surface area contributed by atoms with Crippen LogP contribution in [0.15, 0.2) is 0 Å². The number of hydrogen-bond donors (Lipinski definition) is 1. The largest absolute Gasteiger partial charge is 0.388 e. The molecule has 7 heteroatoms. The monoisotopic (exact) mass is 326 g/mol. The Balaban J connectivity index is 1.61. The third-order valence-electron chi connectivity index (χ3n) is 4.22. The molecule has 0 amide bonds. The number of nitrogens with zero attached hydrogens (tertiary/aromatic N) is 4. The number of aromatic nitrogens is 3. The summed E-state index contributed by atoms with van der Waals surface area (Å²) in [5, 5.41) is 14.0. The summed E-state index contributed by atoms with van der Waals surface area (Å²) in [7, 11) is 0. The van der Waals surface area contributed by atoms with E-state index in [0.29, 0.717) is 30.6 Å². The lowest BCUT2D eigenvalue weighted by Crippen LogP contribution is -2.27. The molecule has 1 unspecified atom stereocenters. The average molecular weight is 326 g/mol. The Hall–Kier alpha value is -0.760. The standard InChI is InChI=1S/C15H26N4O2S/c1-11(2)9-21-13-5-6-17(7-13)10-18-15(22)19(12-3-4-12)14(8-20)16-18/h11-13,20H,3-10H2,1-2H3. The van der Waals surface area contributed by atoms with Gasteiger partial charge in [-0.15, -0.1) is 0 Å². The van der Waals surface area contributed by atoms with Crippen molar-refractivity contribution in [2.24, 2.45) is 5.92 Å². The summed E-state index contributed by atoms with van der Waals surface area (Å²) in [5.41, 5.74) is 0. The molecule has 1 aliphatic carbocycles. The highest BCUT2D eigenvalue weighted by Crippen LogP contribution is 2.36. The average Bonchev–Trinajstić information content (AvgIpc) is 3.14. The Labute approximate surface area is 136 Å². The van der Waals surface area contributed by atoms with Gasteiger partial charge < -0.3 is 9.84 Å². The summed E-state index contributed by atoms with van der Waals surface area (Å²) in [6.07, 6.45) is 3.67. The van der Waals surface area contributed by atoms with Gasteiger partial charge in [-0.2, -0.15) is 5.10 Å². The molecule has 1 aromatic heterocycles. The molecule has 6 nitrogen and oxygen atoms in total. The van der Waals surface area contributed by atoms with Crippen molar-refractivity contribution >= 4 is 12.2 Å². The van der Waals surface area contributed by atoms with Crippen LogP contribution in [0.4, 0.5) is 0 Å². The molecule has 0 aromatic carbocycles. The summed E-state index contributed by atoms with van der Waals surface area (Å²) in [6, 6.07) is 0.448. The minimum atomic E-state index is -0.0483. The van der Waals surface area contributed by atoms with Gasteiger partial charge in [-0.25, -0.2) is 4.68 Å². The molecular weight excluding hydrogens is 300 g/mol. The Morgan fingerprint density at radius 2 is 2.14 bits per heavy atom. The second-order valence-electron chi connectivity index (χ2n) is 6.81. The Morgan fingerprint density at radius 1 is 1.36 bits per heavy atom. The zero-order valence-electron chi connectivity index (χ0n) is 13.4. The van der Waals surface area contributed by atoms with E-state index < -0.39 is 0 Å². The Morgan fingerprint density at radius 3 is 2.77 bits per heavy atom. The van der Waals surface area contributed by atoms with Crippen LogP contribution < -0.4 is 0 Å². The highest BCUT2D eigenvalue weighted by molar-refractivity contribution is 7.71. The van der Waals surface area contributed by atoms with Gasteiger partial charge >= 0.3 is 0 Å². The van der Waals surface area contributed by atoms with Gasteiger partial charge in [0.15, 0.2) is 10.6 Å². The number of hydrogen-bond acceptors (Lipinski definition) is 5. The van der Waals surface area contributed by atoms with Crippen molar-refractivity contribution in [2.45, 2.75) is 58.5 Å². The number of ether oxygens (including phenoxy) is 1. The molecule has 124 valence electrons. The zero-order valence-corrected chi connectivity index (χ0v) is 14.3. The van der Waals surface area contributed by atoms with Crippen molar-refractivity contribution < 1.29 is 9.84 Å². The van der Waals surface area contributed by atoms with E-state index in [1.54, 1.807) is 0 Å². The fourth-order valence-corrected chi connectivity index (χ4v) is 3.30. The first-order chi connectivity index (χ1) is 10.6. The first-order valence-corrected chi connectivity index (χ1v) is 8.62. The molecule has 22 heavy (non-hydrogen) atoms. The fourth-order valence-electron chi connectivity index (χ4n) is 2.94. The van der Waals surface area contributed by atoms with Crippen molar-refractivity contribution in [3.05, 3.63) is 10.6 Å². The van der Waals surface area contributed by atoms with Gasteiger partial charge in [0.05, 0.1) is 12.8 Å². The number of aliphatic hydroxyl groups excluding tert-OH is 1. The first kappa shape index (κ1) is 16.1. The van der Waals surface area contributed by atoms with Crippen molar-refractivity contribution in [1.29, 1.82) is 0 Å². The summed E-state index contributed by atoms with van der Waals surface area (Å²) < 4.78 is 10.5. The Kier molecular flexibility index (Phi) is 4.97. The predicted molar refractivity (Wildman–Crippen MR) is 86.0 cm³/mol. The fraction of sp³-hybridized carbons (Fsp3) is 0.867. The molecule has 1 saturated carbocycles. The van der Waals surface area contributed by atoms with Crippen LogP contribution in [-0.2, 0) is 18.0 Å². The van der Waals surface area contributed by atoms with Crippen LogP contribution in [0.3, 0.4) is 0 Å². The highest BCUT2D eigenvalue weighted by atomic mass is 32.1. The van der Waals surface area contributed by atoms with Crippen LogP contribution in [-0.4, -0.2) is 50.2 Å². The third-order valence-corrected chi connectivity index (χ3v) is 4.63.